The van der Waals surface area contributed by atoms with Gasteiger partial charge in [-0.25, -0.2) is 17.8 Å². The van der Waals surface area contributed by atoms with Crippen LogP contribution in [0.15, 0.2) is 61.9 Å². The molecule has 0 radical (unpaired) electrons. The van der Waals surface area contributed by atoms with Crippen molar-refractivity contribution in [2.45, 2.75) is 37.5 Å². The van der Waals surface area contributed by atoms with E-state index in [9.17, 15) is 23.1 Å². The van der Waals surface area contributed by atoms with Crippen molar-refractivity contribution in [2.24, 2.45) is 4.99 Å². The zero-order valence-electron chi connectivity index (χ0n) is 20.1. The summed E-state index contributed by atoms with van der Waals surface area (Å²) in [7, 11) is -2.28. The zero-order chi connectivity index (χ0) is 25.9. The van der Waals surface area contributed by atoms with Gasteiger partial charge in [0.15, 0.2) is 0 Å². The number of benzene rings is 2. The first-order chi connectivity index (χ1) is 17.3. The molecule has 36 heavy (non-hydrogen) atoms. The first-order valence-corrected chi connectivity index (χ1v) is 13.1. The van der Waals surface area contributed by atoms with Gasteiger partial charge in [0.2, 0.25) is 15.9 Å². The molecular weight excluding hydrogens is 484 g/mol. The molecule has 10 nitrogen and oxygen atoms in total. The number of aromatic amines is 1. The van der Waals surface area contributed by atoms with E-state index in [1.165, 1.54) is 29.6 Å². The molecule has 0 amide bonds. The van der Waals surface area contributed by atoms with E-state index in [1.807, 2.05) is 19.1 Å². The van der Waals surface area contributed by atoms with Gasteiger partial charge < -0.3 is 9.84 Å². The second kappa shape index (κ2) is 10.5. The molecule has 1 aliphatic rings. The Balaban J connectivity index is 1.73. The fourth-order valence-electron chi connectivity index (χ4n) is 4.22. The maximum Gasteiger partial charge on any atom is 0.335 e. The number of hydrogen-bond donors (Lipinski definition) is 2. The molecule has 1 fully saturated rings. The van der Waals surface area contributed by atoms with Crippen LogP contribution in [0, 0.1) is 0 Å². The third-order valence-corrected chi connectivity index (χ3v) is 8.07. The standard InChI is InChI=1S/C25H28N4O6S/c1-3-17-9-5-6-10-21(17)29-24(31)19(23(30)27-25(29)32)16-26-20-12-11-18(15-22(20)35-2)36(33,34)28-13-7-4-8-14-28/h5-6,9-12,15-16,31H,3-4,7-8,13-14H2,1-2H3,(H,27,30,32). The molecular formula is C25H28N4O6S. The summed E-state index contributed by atoms with van der Waals surface area (Å²) < 4.78 is 33.9. The van der Waals surface area contributed by atoms with Gasteiger partial charge in [0.25, 0.3) is 5.56 Å². The molecule has 3 aromatic rings. The largest absolute Gasteiger partial charge is 0.494 e. The normalized spacial score (nSPS) is 14.8. The maximum atomic E-state index is 13.0. The molecule has 0 spiro atoms. The van der Waals surface area contributed by atoms with Crippen molar-refractivity contribution in [2.75, 3.05) is 20.2 Å². The Morgan fingerprint density at radius 1 is 1.11 bits per heavy atom. The number of nitrogens with one attached hydrogen (secondary N) is 1. The minimum Gasteiger partial charge on any atom is -0.494 e. The number of aromatic nitrogens is 2. The number of aliphatic imine (C=N–C) groups is 1. The summed E-state index contributed by atoms with van der Waals surface area (Å²) in [6.07, 6.45) is 4.37. The highest BCUT2D eigenvalue weighted by Gasteiger charge is 2.26. The van der Waals surface area contributed by atoms with Gasteiger partial charge in [-0.1, -0.05) is 31.5 Å². The predicted molar refractivity (Wildman–Crippen MR) is 137 cm³/mol. The number of methoxy groups -OCH3 is 1. The monoisotopic (exact) mass is 512 g/mol. The Hall–Kier alpha value is -3.70. The molecule has 2 aromatic carbocycles. The van der Waals surface area contributed by atoms with Crippen LogP contribution in [-0.4, -0.2) is 53.8 Å². The highest BCUT2D eigenvalue weighted by Crippen LogP contribution is 2.32. The molecule has 2 heterocycles. The SMILES string of the molecule is CCc1ccccc1-n1c(O)c(C=Nc2ccc(S(=O)(=O)N3CCCCC3)cc2OC)c(=O)[nH]c1=O. The minimum atomic E-state index is -3.67. The first-order valence-electron chi connectivity index (χ1n) is 11.7. The summed E-state index contributed by atoms with van der Waals surface area (Å²) in [6.45, 7) is 2.86. The van der Waals surface area contributed by atoms with Gasteiger partial charge in [-0.05, 0) is 43.0 Å². The fourth-order valence-corrected chi connectivity index (χ4v) is 5.75. The van der Waals surface area contributed by atoms with Crippen LogP contribution in [0.4, 0.5) is 5.69 Å². The van der Waals surface area contributed by atoms with E-state index in [4.69, 9.17) is 4.74 Å². The average Bonchev–Trinajstić information content (AvgIpc) is 2.89. The van der Waals surface area contributed by atoms with Crippen molar-refractivity contribution >= 4 is 21.9 Å². The minimum absolute atomic E-state index is 0.0885. The molecule has 0 saturated carbocycles. The lowest BCUT2D eigenvalue weighted by molar-refractivity contribution is 0.346. The number of hydrogen-bond acceptors (Lipinski definition) is 7. The van der Waals surface area contributed by atoms with Crippen molar-refractivity contribution in [1.29, 1.82) is 0 Å². The van der Waals surface area contributed by atoms with Crippen LogP contribution in [0.5, 0.6) is 11.6 Å². The van der Waals surface area contributed by atoms with Crippen LogP contribution in [0.1, 0.15) is 37.3 Å². The van der Waals surface area contributed by atoms with Gasteiger partial charge in [-0.15, -0.1) is 0 Å². The van der Waals surface area contributed by atoms with Gasteiger partial charge >= 0.3 is 5.69 Å². The molecule has 1 aromatic heterocycles. The van der Waals surface area contributed by atoms with Crippen LogP contribution in [0.25, 0.3) is 5.69 Å². The maximum absolute atomic E-state index is 13.0. The summed E-state index contributed by atoms with van der Waals surface area (Å²) in [5.41, 5.74) is -0.321. The van der Waals surface area contributed by atoms with Crippen LogP contribution < -0.4 is 16.0 Å². The lowest BCUT2D eigenvalue weighted by Gasteiger charge is -2.26. The van der Waals surface area contributed by atoms with Crippen molar-refractivity contribution in [3.05, 3.63) is 74.4 Å². The molecule has 11 heteroatoms. The van der Waals surface area contributed by atoms with E-state index in [1.54, 1.807) is 12.1 Å². The Morgan fingerprint density at radius 3 is 2.53 bits per heavy atom. The van der Waals surface area contributed by atoms with E-state index < -0.39 is 27.2 Å². The smallest absolute Gasteiger partial charge is 0.335 e. The van der Waals surface area contributed by atoms with E-state index in [0.29, 0.717) is 25.2 Å². The van der Waals surface area contributed by atoms with Crippen LogP contribution >= 0.6 is 0 Å². The van der Waals surface area contributed by atoms with Crippen molar-refractivity contribution < 1.29 is 18.3 Å². The lowest BCUT2D eigenvalue weighted by atomic mass is 10.1. The molecule has 0 atom stereocenters. The van der Waals surface area contributed by atoms with Crippen molar-refractivity contribution in [3.63, 3.8) is 0 Å². The number of sulfonamides is 1. The third-order valence-electron chi connectivity index (χ3n) is 6.17. The molecule has 4 rings (SSSR count). The Labute approximate surface area is 208 Å². The van der Waals surface area contributed by atoms with E-state index in [2.05, 4.69) is 9.98 Å². The van der Waals surface area contributed by atoms with Gasteiger partial charge in [-0.3, -0.25) is 14.8 Å². The average molecular weight is 513 g/mol. The fraction of sp³-hybridized carbons (Fsp3) is 0.320. The summed E-state index contributed by atoms with van der Waals surface area (Å²) in [5.74, 6) is -0.374. The second-order valence-electron chi connectivity index (χ2n) is 8.37. The summed E-state index contributed by atoms with van der Waals surface area (Å²) >= 11 is 0. The molecule has 0 unspecified atom stereocenters. The van der Waals surface area contributed by atoms with Gasteiger partial charge in [0.1, 0.15) is 17.0 Å². The molecule has 2 N–H and O–H groups in total. The number of ether oxygens (including phenoxy) is 1. The predicted octanol–water partition coefficient (Wildman–Crippen LogP) is 2.73. The Morgan fingerprint density at radius 2 is 1.83 bits per heavy atom. The molecule has 190 valence electrons. The van der Waals surface area contributed by atoms with Gasteiger partial charge in [-0.2, -0.15) is 4.31 Å². The number of aryl methyl sites for hydroxylation is 1. The van der Waals surface area contributed by atoms with Gasteiger partial charge in [0, 0.05) is 25.4 Å². The van der Waals surface area contributed by atoms with E-state index >= 15 is 0 Å². The number of nitrogens with zero attached hydrogens (tertiary/aromatic N) is 3. The van der Waals surface area contributed by atoms with Crippen LogP contribution in [-0.2, 0) is 16.4 Å². The summed E-state index contributed by atoms with van der Waals surface area (Å²) in [6, 6.07) is 11.3. The zero-order valence-corrected chi connectivity index (χ0v) is 20.9. The van der Waals surface area contributed by atoms with Crippen LogP contribution in [0.2, 0.25) is 0 Å². The van der Waals surface area contributed by atoms with E-state index in [-0.39, 0.29) is 21.9 Å². The Kier molecular flexibility index (Phi) is 7.41. The number of rotatable bonds is 7. The van der Waals surface area contributed by atoms with E-state index in [0.717, 1.165) is 35.6 Å². The highest BCUT2D eigenvalue weighted by molar-refractivity contribution is 7.89. The Bertz CT molecular complexity index is 1520. The van der Waals surface area contributed by atoms with Crippen molar-refractivity contribution in [1.82, 2.24) is 13.9 Å². The lowest BCUT2D eigenvalue weighted by Crippen LogP contribution is -2.35. The van der Waals surface area contributed by atoms with Crippen molar-refractivity contribution in [3.8, 4) is 17.3 Å². The number of piperidine rings is 1. The number of para-hydroxylation sites is 1. The third kappa shape index (κ3) is 4.84. The van der Waals surface area contributed by atoms with Crippen LogP contribution in [0.3, 0.4) is 0 Å². The highest BCUT2D eigenvalue weighted by atomic mass is 32.2. The number of aromatic hydroxyl groups is 1. The number of H-pyrrole nitrogens is 1. The summed E-state index contributed by atoms with van der Waals surface area (Å²) in [4.78, 5) is 31.6. The van der Waals surface area contributed by atoms with Gasteiger partial charge in [0.05, 0.1) is 17.7 Å². The topological polar surface area (TPSA) is 134 Å². The quantitative estimate of drug-likeness (QED) is 0.468. The molecule has 1 saturated heterocycles. The second-order valence-corrected chi connectivity index (χ2v) is 10.3. The molecule has 0 bridgehead atoms. The molecule has 0 aliphatic carbocycles. The summed E-state index contributed by atoms with van der Waals surface area (Å²) in [5, 5.41) is 10.9. The first kappa shape index (κ1) is 25.4. The molecule has 1 aliphatic heterocycles.